The Balaban J connectivity index is 1.45. The van der Waals surface area contributed by atoms with Gasteiger partial charge in [0.25, 0.3) is 5.91 Å². The molecular weight excluding hydrogens is 310 g/mol. The number of ether oxygens (including phenoxy) is 1. The van der Waals surface area contributed by atoms with Gasteiger partial charge in [0.2, 0.25) is 0 Å². The maximum atomic E-state index is 12.7. The molecule has 0 unspecified atom stereocenters. The lowest BCUT2D eigenvalue weighted by molar-refractivity contribution is 0.0545. The van der Waals surface area contributed by atoms with Crippen molar-refractivity contribution in [2.75, 3.05) is 20.2 Å². The molecule has 1 saturated carbocycles. The number of H-pyrrole nitrogens is 1. The Morgan fingerprint density at radius 1 is 1.42 bits per heavy atom. The Bertz CT molecular complexity index is 722. The van der Waals surface area contributed by atoms with Crippen LogP contribution in [0.25, 0.3) is 0 Å². The lowest BCUT2D eigenvalue weighted by Gasteiger charge is -2.23. The van der Waals surface area contributed by atoms with Crippen LogP contribution in [0.1, 0.15) is 59.1 Å². The lowest BCUT2D eigenvalue weighted by atomic mass is 10.0. The summed E-state index contributed by atoms with van der Waals surface area (Å²) in [5.41, 5.74) is 0.411. The normalized spacial score (nSPS) is 23.6. The molecule has 0 bridgehead atoms. The first-order valence-corrected chi connectivity index (χ1v) is 8.33. The molecule has 0 aromatic carbocycles. The van der Waals surface area contributed by atoms with Gasteiger partial charge in [-0.1, -0.05) is 0 Å². The van der Waals surface area contributed by atoms with E-state index in [0.717, 1.165) is 25.1 Å². The highest BCUT2D eigenvalue weighted by atomic mass is 16.5. The van der Waals surface area contributed by atoms with E-state index in [9.17, 15) is 4.79 Å². The van der Waals surface area contributed by atoms with Gasteiger partial charge in [-0.25, -0.2) is 9.97 Å². The van der Waals surface area contributed by atoms with Crippen LogP contribution >= 0.6 is 0 Å². The number of nitrogens with zero attached hydrogens (tertiary/aromatic N) is 4. The van der Waals surface area contributed by atoms with Crippen molar-refractivity contribution in [1.82, 2.24) is 25.1 Å². The van der Waals surface area contributed by atoms with Crippen LogP contribution in [0.15, 0.2) is 10.7 Å². The molecule has 1 saturated heterocycles. The van der Waals surface area contributed by atoms with Crippen LogP contribution in [0.2, 0.25) is 0 Å². The first-order valence-electron chi connectivity index (χ1n) is 8.33. The number of likely N-dealkylation sites (N-methyl/N-ethyl adjacent to an activating group) is 1. The molecule has 2 aromatic heterocycles. The molecule has 2 fully saturated rings. The van der Waals surface area contributed by atoms with Crippen LogP contribution in [0, 0.1) is 6.92 Å². The number of aryl methyl sites for hydroxylation is 1. The van der Waals surface area contributed by atoms with Crippen molar-refractivity contribution < 1.29 is 13.9 Å². The van der Waals surface area contributed by atoms with E-state index in [1.807, 2.05) is 0 Å². The van der Waals surface area contributed by atoms with Gasteiger partial charge >= 0.3 is 0 Å². The third-order valence-corrected chi connectivity index (χ3v) is 4.74. The summed E-state index contributed by atoms with van der Waals surface area (Å²) in [5.74, 6) is 2.49. The number of aromatic nitrogens is 4. The smallest absolute Gasteiger partial charge is 0.275 e. The number of aromatic amines is 1. The molecule has 1 amide bonds. The predicted octanol–water partition coefficient (Wildman–Crippen LogP) is 1.62. The average Bonchev–Trinajstić information content (AvgIpc) is 2.97. The highest BCUT2D eigenvalue weighted by Crippen LogP contribution is 2.40. The van der Waals surface area contributed by atoms with Gasteiger partial charge in [-0.05, 0) is 26.2 Å². The molecule has 1 N–H and O–H groups in total. The summed E-state index contributed by atoms with van der Waals surface area (Å²) in [5, 5.41) is 6.81. The summed E-state index contributed by atoms with van der Waals surface area (Å²) in [7, 11) is 1.77. The van der Waals surface area contributed by atoms with E-state index in [1.54, 1.807) is 18.9 Å². The second-order valence-electron chi connectivity index (χ2n) is 6.59. The van der Waals surface area contributed by atoms with Crippen LogP contribution in [0.3, 0.4) is 0 Å². The quantitative estimate of drug-likeness (QED) is 0.894. The number of hydrogen-bond donors (Lipinski definition) is 1. The van der Waals surface area contributed by atoms with Crippen molar-refractivity contribution in [2.24, 2.45) is 0 Å². The highest BCUT2D eigenvalue weighted by molar-refractivity contribution is 5.93. The van der Waals surface area contributed by atoms with Crippen molar-refractivity contribution in [3.63, 3.8) is 0 Å². The monoisotopic (exact) mass is 331 g/mol. The number of amides is 1. The van der Waals surface area contributed by atoms with E-state index in [4.69, 9.17) is 9.15 Å². The summed E-state index contributed by atoms with van der Waals surface area (Å²) < 4.78 is 11.5. The van der Waals surface area contributed by atoms with Crippen molar-refractivity contribution in [3.8, 4) is 0 Å². The van der Waals surface area contributed by atoms with Gasteiger partial charge in [0.05, 0.1) is 6.10 Å². The predicted molar refractivity (Wildman–Crippen MR) is 83.7 cm³/mol. The Labute approximate surface area is 139 Å². The van der Waals surface area contributed by atoms with Gasteiger partial charge in [-0.3, -0.25) is 9.89 Å². The van der Waals surface area contributed by atoms with Gasteiger partial charge in [-0.15, -0.1) is 0 Å². The molecule has 0 radical (unpaired) electrons. The number of carbonyl (C=O) groups is 1. The standard InChI is InChI=1S/C16H21N5O3/c1-9-13(19-15(24-9)10-3-4-10)16(22)21(2)7-12-11(5-6-23-12)14-17-8-18-20-14/h8,10-12H,3-7H2,1-2H3,(H,17,18,20)/t11-,12-/m1/s1. The largest absolute Gasteiger partial charge is 0.445 e. The Morgan fingerprint density at radius 2 is 2.25 bits per heavy atom. The molecule has 1 aliphatic carbocycles. The van der Waals surface area contributed by atoms with Gasteiger partial charge in [-0.2, -0.15) is 5.10 Å². The van der Waals surface area contributed by atoms with Crippen LogP contribution in [0.4, 0.5) is 0 Å². The summed E-state index contributed by atoms with van der Waals surface area (Å²) in [6, 6.07) is 0. The Hall–Kier alpha value is -2.22. The highest BCUT2D eigenvalue weighted by Gasteiger charge is 2.35. The molecule has 2 aliphatic rings. The topological polar surface area (TPSA) is 97.1 Å². The van der Waals surface area contributed by atoms with Crippen molar-refractivity contribution in [2.45, 2.75) is 44.1 Å². The second kappa shape index (κ2) is 6.01. The number of nitrogens with one attached hydrogen (secondary N) is 1. The minimum absolute atomic E-state index is 0.0954. The summed E-state index contributed by atoms with van der Waals surface area (Å²) in [6.45, 7) is 2.94. The maximum Gasteiger partial charge on any atom is 0.275 e. The fraction of sp³-hybridized carbons (Fsp3) is 0.625. The fourth-order valence-electron chi connectivity index (χ4n) is 3.19. The van der Waals surface area contributed by atoms with Crippen LogP contribution in [-0.2, 0) is 4.74 Å². The second-order valence-corrected chi connectivity index (χ2v) is 6.59. The zero-order chi connectivity index (χ0) is 16.7. The van der Waals surface area contributed by atoms with E-state index >= 15 is 0 Å². The van der Waals surface area contributed by atoms with E-state index in [-0.39, 0.29) is 17.9 Å². The fourth-order valence-corrected chi connectivity index (χ4v) is 3.19. The molecule has 8 heteroatoms. The van der Waals surface area contributed by atoms with Gasteiger partial charge in [0, 0.05) is 32.0 Å². The van der Waals surface area contributed by atoms with E-state index in [0.29, 0.717) is 36.4 Å². The molecular formula is C16H21N5O3. The summed E-state index contributed by atoms with van der Waals surface area (Å²) in [4.78, 5) is 23.0. The molecule has 128 valence electrons. The van der Waals surface area contributed by atoms with Crippen molar-refractivity contribution in [1.29, 1.82) is 0 Å². The van der Waals surface area contributed by atoms with Crippen LogP contribution in [-0.4, -0.2) is 57.3 Å². The molecule has 2 aromatic rings. The third-order valence-electron chi connectivity index (χ3n) is 4.74. The zero-order valence-corrected chi connectivity index (χ0v) is 13.9. The number of rotatable bonds is 5. The first-order chi connectivity index (χ1) is 11.6. The maximum absolute atomic E-state index is 12.7. The minimum atomic E-state index is -0.130. The summed E-state index contributed by atoms with van der Waals surface area (Å²) >= 11 is 0. The third kappa shape index (κ3) is 2.82. The Morgan fingerprint density at radius 3 is 2.96 bits per heavy atom. The van der Waals surface area contributed by atoms with Crippen LogP contribution < -0.4 is 0 Å². The number of hydrogen-bond acceptors (Lipinski definition) is 6. The zero-order valence-electron chi connectivity index (χ0n) is 13.9. The lowest BCUT2D eigenvalue weighted by Crippen LogP contribution is -2.36. The van der Waals surface area contributed by atoms with Crippen LogP contribution in [0.5, 0.6) is 0 Å². The molecule has 0 spiro atoms. The molecule has 24 heavy (non-hydrogen) atoms. The number of oxazole rings is 1. The van der Waals surface area contributed by atoms with Crippen molar-refractivity contribution >= 4 is 5.91 Å². The van der Waals surface area contributed by atoms with Gasteiger partial charge < -0.3 is 14.1 Å². The first kappa shape index (κ1) is 15.3. The molecule has 3 heterocycles. The summed E-state index contributed by atoms with van der Waals surface area (Å²) in [6.07, 6.45) is 4.47. The minimum Gasteiger partial charge on any atom is -0.445 e. The SMILES string of the molecule is Cc1oc(C2CC2)nc1C(=O)N(C)C[C@H]1OCC[C@H]1c1ncn[nH]1. The number of carbonyl (C=O) groups excluding carboxylic acids is 1. The molecule has 4 rings (SSSR count). The molecule has 2 atom stereocenters. The van der Waals surface area contributed by atoms with Crippen molar-refractivity contribution in [3.05, 3.63) is 29.5 Å². The van der Waals surface area contributed by atoms with Gasteiger partial charge in [0.15, 0.2) is 11.6 Å². The Kier molecular flexibility index (Phi) is 3.84. The van der Waals surface area contributed by atoms with E-state index < -0.39 is 0 Å². The average molecular weight is 331 g/mol. The van der Waals surface area contributed by atoms with E-state index in [2.05, 4.69) is 20.2 Å². The van der Waals surface area contributed by atoms with E-state index in [1.165, 1.54) is 6.33 Å². The van der Waals surface area contributed by atoms with Gasteiger partial charge in [0.1, 0.15) is 17.9 Å². The molecule has 1 aliphatic heterocycles. The molecule has 8 nitrogen and oxygen atoms in total.